The zero-order valence-corrected chi connectivity index (χ0v) is 8.08. The fourth-order valence-corrected chi connectivity index (χ4v) is 1.73. The Labute approximate surface area is 80.1 Å². The zero-order chi connectivity index (χ0) is 9.26. The van der Waals surface area contributed by atoms with Crippen LogP contribution in [0.1, 0.15) is 10.7 Å². The lowest BCUT2D eigenvalue weighted by Crippen LogP contribution is -2.03. The normalized spacial score (nSPS) is 10.5. The van der Waals surface area contributed by atoms with Crippen molar-refractivity contribution in [1.82, 2.24) is 14.5 Å². The third kappa shape index (κ3) is 1.70. The molecule has 0 fully saturated rings. The molecule has 2 aromatic rings. The average Bonchev–Trinajstić information content (AvgIpc) is 2.64. The van der Waals surface area contributed by atoms with Crippen LogP contribution in [-0.2, 0) is 6.54 Å². The molecule has 68 valence electrons. The molecule has 0 aromatic carbocycles. The summed E-state index contributed by atoms with van der Waals surface area (Å²) in [5, 5.41) is 3.11. The Bertz CT molecular complexity index is 404. The van der Waals surface area contributed by atoms with Crippen LogP contribution in [0.25, 0.3) is 0 Å². The first-order valence-electron chi connectivity index (χ1n) is 3.93. The predicted octanol–water partition coefficient (Wildman–Crippen LogP) is 1.28. The molecule has 0 radical (unpaired) electrons. The smallest absolute Gasteiger partial charge is 0.200 e. The SMILES string of the molecule is Cc1nc(Cn2ccnc2N)cs1. The number of nitrogens with two attached hydrogens (primary N) is 1. The van der Waals surface area contributed by atoms with Gasteiger partial charge in [-0.1, -0.05) is 0 Å². The number of anilines is 1. The van der Waals surface area contributed by atoms with Crippen molar-refractivity contribution < 1.29 is 0 Å². The molecule has 0 aliphatic rings. The highest BCUT2D eigenvalue weighted by Gasteiger charge is 2.01. The van der Waals surface area contributed by atoms with E-state index in [0.29, 0.717) is 12.5 Å². The Morgan fingerprint density at radius 2 is 2.46 bits per heavy atom. The molecule has 0 saturated carbocycles. The van der Waals surface area contributed by atoms with Gasteiger partial charge in [0.25, 0.3) is 0 Å². The van der Waals surface area contributed by atoms with Crippen LogP contribution in [0.2, 0.25) is 0 Å². The Hall–Kier alpha value is -1.36. The van der Waals surface area contributed by atoms with E-state index in [0.717, 1.165) is 10.7 Å². The molecule has 0 aliphatic carbocycles. The standard InChI is InChI=1S/C8H10N4S/c1-6-11-7(5-13-6)4-12-3-2-10-8(12)9/h2-3,5H,4H2,1H3,(H2,9,10). The van der Waals surface area contributed by atoms with Gasteiger partial charge in [0.05, 0.1) is 17.2 Å². The summed E-state index contributed by atoms with van der Waals surface area (Å²) in [6.45, 7) is 2.70. The summed E-state index contributed by atoms with van der Waals surface area (Å²) in [6, 6.07) is 0. The van der Waals surface area contributed by atoms with Crippen molar-refractivity contribution in [2.75, 3.05) is 5.73 Å². The number of aryl methyl sites for hydroxylation is 1. The van der Waals surface area contributed by atoms with Crippen LogP contribution in [0.3, 0.4) is 0 Å². The molecule has 13 heavy (non-hydrogen) atoms. The first-order chi connectivity index (χ1) is 6.25. The second-order valence-electron chi connectivity index (χ2n) is 2.77. The summed E-state index contributed by atoms with van der Waals surface area (Å²) in [6.07, 6.45) is 3.54. The van der Waals surface area contributed by atoms with E-state index in [1.165, 1.54) is 0 Å². The molecule has 0 spiro atoms. The number of nitrogen functional groups attached to an aromatic ring is 1. The van der Waals surface area contributed by atoms with Gasteiger partial charge in [-0.15, -0.1) is 11.3 Å². The molecule has 0 unspecified atom stereocenters. The van der Waals surface area contributed by atoms with Crippen molar-refractivity contribution >= 4 is 17.3 Å². The second-order valence-corrected chi connectivity index (χ2v) is 3.83. The van der Waals surface area contributed by atoms with Gasteiger partial charge in [-0.25, -0.2) is 9.97 Å². The van der Waals surface area contributed by atoms with E-state index in [-0.39, 0.29) is 0 Å². The summed E-state index contributed by atoms with van der Waals surface area (Å²) in [7, 11) is 0. The minimum Gasteiger partial charge on any atom is -0.369 e. The van der Waals surface area contributed by atoms with Gasteiger partial charge in [0.1, 0.15) is 0 Å². The zero-order valence-electron chi connectivity index (χ0n) is 7.27. The van der Waals surface area contributed by atoms with Gasteiger partial charge in [-0.05, 0) is 6.92 Å². The van der Waals surface area contributed by atoms with E-state index in [2.05, 4.69) is 9.97 Å². The Kier molecular flexibility index (Phi) is 2.02. The highest BCUT2D eigenvalue weighted by atomic mass is 32.1. The van der Waals surface area contributed by atoms with Gasteiger partial charge >= 0.3 is 0 Å². The molecule has 0 bridgehead atoms. The first-order valence-corrected chi connectivity index (χ1v) is 4.81. The highest BCUT2D eigenvalue weighted by molar-refractivity contribution is 7.09. The Balaban J connectivity index is 2.19. The van der Waals surface area contributed by atoms with Crippen molar-refractivity contribution in [3.05, 3.63) is 28.5 Å². The van der Waals surface area contributed by atoms with E-state index in [1.807, 2.05) is 23.1 Å². The largest absolute Gasteiger partial charge is 0.369 e. The maximum Gasteiger partial charge on any atom is 0.200 e. The molecule has 2 N–H and O–H groups in total. The van der Waals surface area contributed by atoms with Crippen LogP contribution in [0.15, 0.2) is 17.8 Å². The quantitative estimate of drug-likeness (QED) is 0.783. The summed E-state index contributed by atoms with van der Waals surface area (Å²) in [4.78, 5) is 8.28. The van der Waals surface area contributed by atoms with Crippen molar-refractivity contribution in [2.24, 2.45) is 0 Å². The third-order valence-corrected chi connectivity index (χ3v) is 2.57. The summed E-state index contributed by atoms with van der Waals surface area (Å²) in [5.41, 5.74) is 6.66. The molecule has 0 atom stereocenters. The van der Waals surface area contributed by atoms with Gasteiger partial charge in [-0.2, -0.15) is 0 Å². The van der Waals surface area contributed by atoms with Crippen molar-refractivity contribution in [1.29, 1.82) is 0 Å². The minimum absolute atomic E-state index is 0.533. The molecule has 4 nitrogen and oxygen atoms in total. The fourth-order valence-electron chi connectivity index (χ4n) is 1.13. The molecule has 0 saturated heterocycles. The monoisotopic (exact) mass is 194 g/mol. The molecule has 2 heterocycles. The van der Waals surface area contributed by atoms with Crippen molar-refractivity contribution in [2.45, 2.75) is 13.5 Å². The van der Waals surface area contributed by atoms with E-state index < -0.39 is 0 Å². The van der Waals surface area contributed by atoms with Crippen LogP contribution in [0, 0.1) is 6.92 Å². The molecule has 5 heteroatoms. The van der Waals surface area contributed by atoms with Crippen LogP contribution >= 0.6 is 11.3 Å². The Morgan fingerprint density at radius 1 is 1.62 bits per heavy atom. The van der Waals surface area contributed by atoms with E-state index in [4.69, 9.17) is 5.73 Å². The van der Waals surface area contributed by atoms with Crippen molar-refractivity contribution in [3.63, 3.8) is 0 Å². The van der Waals surface area contributed by atoms with E-state index >= 15 is 0 Å². The van der Waals surface area contributed by atoms with Gasteiger partial charge in [0, 0.05) is 17.8 Å². The number of thiazole rings is 1. The lowest BCUT2D eigenvalue weighted by atomic mass is 10.5. The molecule has 2 aromatic heterocycles. The Morgan fingerprint density at radius 3 is 3.00 bits per heavy atom. The number of imidazole rings is 1. The lowest BCUT2D eigenvalue weighted by molar-refractivity contribution is 0.789. The van der Waals surface area contributed by atoms with E-state index in [1.54, 1.807) is 17.5 Å². The van der Waals surface area contributed by atoms with Gasteiger partial charge in [0.15, 0.2) is 5.95 Å². The van der Waals surface area contributed by atoms with Crippen LogP contribution < -0.4 is 5.73 Å². The fraction of sp³-hybridized carbons (Fsp3) is 0.250. The molecule has 2 rings (SSSR count). The summed E-state index contributed by atoms with van der Waals surface area (Å²) in [5.74, 6) is 0.533. The van der Waals surface area contributed by atoms with E-state index in [9.17, 15) is 0 Å². The van der Waals surface area contributed by atoms with Gasteiger partial charge in [0.2, 0.25) is 0 Å². The minimum atomic E-state index is 0.533. The van der Waals surface area contributed by atoms with Gasteiger partial charge in [-0.3, -0.25) is 0 Å². The number of hydrogen-bond donors (Lipinski definition) is 1. The molecular formula is C8H10N4S. The maximum absolute atomic E-state index is 5.62. The lowest BCUT2D eigenvalue weighted by Gasteiger charge is -2.00. The second kappa shape index (κ2) is 3.18. The molecule has 0 amide bonds. The number of hydrogen-bond acceptors (Lipinski definition) is 4. The first kappa shape index (κ1) is 8.25. The predicted molar refractivity (Wildman–Crippen MR) is 52.6 cm³/mol. The number of rotatable bonds is 2. The summed E-state index contributed by atoms with van der Waals surface area (Å²) < 4.78 is 1.87. The number of aromatic nitrogens is 3. The number of nitrogens with zero attached hydrogens (tertiary/aromatic N) is 3. The molecular weight excluding hydrogens is 184 g/mol. The third-order valence-electron chi connectivity index (χ3n) is 1.75. The van der Waals surface area contributed by atoms with Crippen LogP contribution in [0.5, 0.6) is 0 Å². The summed E-state index contributed by atoms with van der Waals surface area (Å²) >= 11 is 1.65. The topological polar surface area (TPSA) is 56.7 Å². The van der Waals surface area contributed by atoms with Crippen LogP contribution in [-0.4, -0.2) is 14.5 Å². The van der Waals surface area contributed by atoms with Crippen LogP contribution in [0.4, 0.5) is 5.95 Å². The molecule has 0 aliphatic heterocycles. The maximum atomic E-state index is 5.62. The average molecular weight is 194 g/mol. The highest BCUT2D eigenvalue weighted by Crippen LogP contribution is 2.10. The van der Waals surface area contributed by atoms with Gasteiger partial charge < -0.3 is 10.3 Å². The van der Waals surface area contributed by atoms with Crippen molar-refractivity contribution in [3.8, 4) is 0 Å².